The van der Waals surface area contributed by atoms with Gasteiger partial charge in [-0.3, -0.25) is 0 Å². The Kier molecular flexibility index (Phi) is 3.45. The van der Waals surface area contributed by atoms with Crippen molar-refractivity contribution in [1.82, 2.24) is 4.72 Å². The standard InChI is InChI=1S/C11H15ClN2O2S/c1-7-4-11(7)14-17(15,16)9-2-3-10(12)8(5-9)6-13/h2-3,5,7,11,14H,4,6,13H2,1H3. The predicted octanol–water partition coefficient (Wildman–Crippen LogP) is 1.49. The second-order valence-corrected chi connectivity index (χ2v) is 6.52. The highest BCUT2D eigenvalue weighted by molar-refractivity contribution is 7.89. The highest BCUT2D eigenvalue weighted by Crippen LogP contribution is 2.31. The summed E-state index contributed by atoms with van der Waals surface area (Å²) < 4.78 is 26.7. The summed E-state index contributed by atoms with van der Waals surface area (Å²) in [5, 5.41) is 0.492. The zero-order chi connectivity index (χ0) is 12.6. The van der Waals surface area contributed by atoms with Crippen molar-refractivity contribution in [3.63, 3.8) is 0 Å². The van der Waals surface area contributed by atoms with Crippen LogP contribution in [0.2, 0.25) is 5.02 Å². The van der Waals surface area contributed by atoms with E-state index in [0.717, 1.165) is 6.42 Å². The highest BCUT2D eigenvalue weighted by atomic mass is 35.5. The van der Waals surface area contributed by atoms with Gasteiger partial charge in [0.1, 0.15) is 0 Å². The molecule has 0 bridgehead atoms. The number of hydrogen-bond acceptors (Lipinski definition) is 3. The van der Waals surface area contributed by atoms with Crippen LogP contribution in [-0.2, 0) is 16.6 Å². The average Bonchev–Trinajstić information content (AvgIpc) is 2.93. The van der Waals surface area contributed by atoms with Crippen LogP contribution in [0.15, 0.2) is 23.1 Å². The summed E-state index contributed by atoms with van der Waals surface area (Å²) in [6.07, 6.45) is 0.899. The van der Waals surface area contributed by atoms with Gasteiger partial charge in [-0.05, 0) is 36.1 Å². The molecular weight excluding hydrogens is 260 g/mol. The minimum atomic E-state index is -3.44. The van der Waals surface area contributed by atoms with Crippen LogP contribution >= 0.6 is 11.6 Å². The van der Waals surface area contributed by atoms with Gasteiger partial charge < -0.3 is 5.73 Å². The fourth-order valence-corrected chi connectivity index (χ4v) is 3.23. The average molecular weight is 275 g/mol. The van der Waals surface area contributed by atoms with Gasteiger partial charge in [0.25, 0.3) is 0 Å². The summed E-state index contributed by atoms with van der Waals surface area (Å²) in [5.41, 5.74) is 6.14. The lowest BCUT2D eigenvalue weighted by Crippen LogP contribution is -2.27. The van der Waals surface area contributed by atoms with E-state index in [0.29, 0.717) is 16.5 Å². The first-order valence-electron chi connectivity index (χ1n) is 5.45. The maximum atomic E-state index is 12.0. The molecule has 0 saturated heterocycles. The molecule has 2 unspecified atom stereocenters. The van der Waals surface area contributed by atoms with E-state index in [1.807, 2.05) is 6.92 Å². The van der Waals surface area contributed by atoms with Crippen LogP contribution < -0.4 is 10.5 Å². The molecule has 1 aromatic rings. The van der Waals surface area contributed by atoms with E-state index in [1.165, 1.54) is 12.1 Å². The van der Waals surface area contributed by atoms with Crippen molar-refractivity contribution in [2.75, 3.05) is 0 Å². The van der Waals surface area contributed by atoms with E-state index < -0.39 is 10.0 Å². The van der Waals surface area contributed by atoms with E-state index in [1.54, 1.807) is 6.07 Å². The molecule has 0 amide bonds. The van der Waals surface area contributed by atoms with Crippen molar-refractivity contribution < 1.29 is 8.42 Å². The molecule has 1 fully saturated rings. The van der Waals surface area contributed by atoms with Crippen molar-refractivity contribution in [3.8, 4) is 0 Å². The summed E-state index contributed by atoms with van der Waals surface area (Å²) >= 11 is 5.89. The highest BCUT2D eigenvalue weighted by Gasteiger charge is 2.36. The third-order valence-corrected chi connectivity index (χ3v) is 4.82. The molecule has 3 N–H and O–H groups in total. The Hall–Kier alpha value is -0.620. The SMILES string of the molecule is CC1CC1NS(=O)(=O)c1ccc(Cl)c(CN)c1. The summed E-state index contributed by atoms with van der Waals surface area (Å²) in [6.45, 7) is 2.24. The molecule has 0 spiro atoms. The lowest BCUT2D eigenvalue weighted by Gasteiger charge is -2.08. The van der Waals surface area contributed by atoms with Crippen LogP contribution in [0.5, 0.6) is 0 Å². The molecule has 4 nitrogen and oxygen atoms in total. The molecule has 2 atom stereocenters. The Balaban J connectivity index is 2.26. The van der Waals surface area contributed by atoms with Gasteiger partial charge in [-0.25, -0.2) is 13.1 Å². The maximum Gasteiger partial charge on any atom is 0.240 e. The largest absolute Gasteiger partial charge is 0.326 e. The van der Waals surface area contributed by atoms with Gasteiger partial charge in [-0.1, -0.05) is 18.5 Å². The Morgan fingerprint density at radius 3 is 2.71 bits per heavy atom. The van der Waals surface area contributed by atoms with Crippen molar-refractivity contribution in [2.24, 2.45) is 11.7 Å². The summed E-state index contributed by atoms with van der Waals surface area (Å²) in [5.74, 6) is 0.422. The summed E-state index contributed by atoms with van der Waals surface area (Å²) in [4.78, 5) is 0.224. The molecule has 1 aliphatic carbocycles. The first kappa shape index (κ1) is 12.8. The maximum absolute atomic E-state index is 12.0. The molecular formula is C11H15ClN2O2S. The Morgan fingerprint density at radius 2 is 2.18 bits per heavy atom. The van der Waals surface area contributed by atoms with Crippen LogP contribution in [0.3, 0.4) is 0 Å². The Bertz CT molecular complexity index is 530. The topological polar surface area (TPSA) is 72.2 Å². The number of nitrogens with one attached hydrogen (secondary N) is 1. The normalized spacial score (nSPS) is 23.7. The molecule has 2 rings (SSSR count). The first-order valence-corrected chi connectivity index (χ1v) is 7.31. The summed E-state index contributed by atoms with van der Waals surface area (Å²) in [7, 11) is -3.44. The Morgan fingerprint density at radius 1 is 1.53 bits per heavy atom. The van der Waals surface area contributed by atoms with E-state index in [9.17, 15) is 8.42 Å². The summed E-state index contributed by atoms with van der Waals surface area (Å²) in [6, 6.07) is 4.65. The van der Waals surface area contributed by atoms with Crippen LogP contribution in [0, 0.1) is 5.92 Å². The molecule has 6 heteroatoms. The van der Waals surface area contributed by atoms with Crippen molar-refractivity contribution in [3.05, 3.63) is 28.8 Å². The third-order valence-electron chi connectivity index (χ3n) is 2.96. The minimum absolute atomic E-state index is 0.0667. The molecule has 0 heterocycles. The van der Waals surface area contributed by atoms with Gasteiger partial charge in [0.05, 0.1) is 4.90 Å². The van der Waals surface area contributed by atoms with Gasteiger partial charge in [0.2, 0.25) is 10.0 Å². The van der Waals surface area contributed by atoms with Crippen molar-refractivity contribution in [2.45, 2.75) is 30.8 Å². The lowest BCUT2D eigenvalue weighted by molar-refractivity contribution is 0.578. The Labute approximate surface area is 106 Å². The zero-order valence-electron chi connectivity index (χ0n) is 9.48. The second-order valence-electron chi connectivity index (χ2n) is 4.40. The van der Waals surface area contributed by atoms with Crippen LogP contribution in [0.4, 0.5) is 0 Å². The van der Waals surface area contributed by atoms with Gasteiger partial charge in [-0.2, -0.15) is 0 Å². The third kappa shape index (κ3) is 2.80. The number of sulfonamides is 1. The predicted molar refractivity (Wildman–Crippen MR) is 67.2 cm³/mol. The number of benzene rings is 1. The van der Waals surface area contributed by atoms with Gasteiger partial charge in [0, 0.05) is 17.6 Å². The molecule has 0 radical (unpaired) electrons. The van der Waals surface area contributed by atoms with Crippen molar-refractivity contribution >= 4 is 21.6 Å². The molecule has 0 aromatic heterocycles. The van der Waals surface area contributed by atoms with Crippen LogP contribution in [-0.4, -0.2) is 14.5 Å². The monoisotopic (exact) mass is 274 g/mol. The van der Waals surface area contributed by atoms with Crippen molar-refractivity contribution in [1.29, 1.82) is 0 Å². The van der Waals surface area contributed by atoms with Crippen LogP contribution in [0.25, 0.3) is 0 Å². The molecule has 1 aliphatic rings. The molecule has 1 aromatic carbocycles. The number of nitrogens with two attached hydrogens (primary N) is 1. The molecule has 0 aliphatic heterocycles. The second kappa shape index (κ2) is 4.57. The zero-order valence-corrected chi connectivity index (χ0v) is 11.1. The van der Waals surface area contributed by atoms with E-state index in [-0.39, 0.29) is 17.5 Å². The number of halogens is 1. The lowest BCUT2D eigenvalue weighted by atomic mass is 10.2. The quantitative estimate of drug-likeness (QED) is 0.874. The van der Waals surface area contributed by atoms with E-state index in [2.05, 4.69) is 4.72 Å². The fourth-order valence-electron chi connectivity index (χ4n) is 1.63. The fraction of sp³-hybridized carbons (Fsp3) is 0.455. The minimum Gasteiger partial charge on any atom is -0.326 e. The van der Waals surface area contributed by atoms with E-state index in [4.69, 9.17) is 17.3 Å². The van der Waals surface area contributed by atoms with Crippen LogP contribution in [0.1, 0.15) is 18.9 Å². The molecule has 94 valence electrons. The van der Waals surface area contributed by atoms with Gasteiger partial charge in [-0.15, -0.1) is 0 Å². The molecule has 17 heavy (non-hydrogen) atoms. The first-order chi connectivity index (χ1) is 7.94. The smallest absolute Gasteiger partial charge is 0.240 e. The van der Waals surface area contributed by atoms with Gasteiger partial charge in [0.15, 0.2) is 0 Å². The molecule has 1 saturated carbocycles. The number of rotatable bonds is 4. The number of hydrogen-bond donors (Lipinski definition) is 2. The van der Waals surface area contributed by atoms with E-state index >= 15 is 0 Å². The van der Waals surface area contributed by atoms with Gasteiger partial charge >= 0.3 is 0 Å².